The van der Waals surface area contributed by atoms with Crippen LogP contribution in [-0.2, 0) is 14.6 Å². The first-order valence-corrected chi connectivity index (χ1v) is 10.9. The first-order valence-electron chi connectivity index (χ1n) is 8.58. The Kier molecular flexibility index (Phi) is 6.06. The molecule has 0 aliphatic carbocycles. The van der Waals surface area contributed by atoms with Crippen LogP contribution in [0.1, 0.15) is 10.4 Å². The van der Waals surface area contributed by atoms with Crippen molar-refractivity contribution in [3.63, 3.8) is 0 Å². The van der Waals surface area contributed by atoms with Crippen molar-refractivity contribution in [2.45, 2.75) is 4.90 Å². The monoisotopic (exact) mass is 439 g/mol. The molecule has 0 bridgehead atoms. The number of hydrogen-bond acceptors (Lipinski definition) is 7. The average Bonchev–Trinajstić information content (AvgIpc) is 2.67. The van der Waals surface area contributed by atoms with Gasteiger partial charge in [-0.05, 0) is 24.3 Å². The molecule has 9 nitrogen and oxygen atoms in total. The number of carbonyl (C=O) groups excluding carboxylic acids is 1. The van der Waals surface area contributed by atoms with Crippen molar-refractivity contribution in [2.24, 2.45) is 0 Å². The summed E-state index contributed by atoms with van der Waals surface area (Å²) >= 11 is 6.07. The predicted molar refractivity (Wildman–Crippen MR) is 109 cm³/mol. The Balaban J connectivity index is 1.97. The number of carbonyl (C=O) groups is 1. The molecule has 0 saturated carbocycles. The number of nitrogens with one attached hydrogen (secondary N) is 1. The number of rotatable bonds is 5. The smallest absolute Gasteiger partial charge is 0.271 e. The molecule has 1 N–H and O–H groups in total. The summed E-state index contributed by atoms with van der Waals surface area (Å²) in [4.78, 5) is 24.9. The zero-order chi connectivity index (χ0) is 21.2. The second-order valence-corrected chi connectivity index (χ2v) is 8.91. The van der Waals surface area contributed by atoms with Crippen LogP contribution in [0.25, 0.3) is 0 Å². The topological polar surface area (TPSA) is 119 Å². The van der Waals surface area contributed by atoms with Gasteiger partial charge in [0.15, 0.2) is 9.84 Å². The summed E-state index contributed by atoms with van der Waals surface area (Å²) in [6.07, 6.45) is 0.918. The molecule has 29 heavy (non-hydrogen) atoms. The van der Waals surface area contributed by atoms with Gasteiger partial charge in [-0.25, -0.2) is 8.42 Å². The van der Waals surface area contributed by atoms with Crippen molar-refractivity contribution in [3.05, 3.63) is 57.1 Å². The number of ether oxygens (including phenoxy) is 1. The van der Waals surface area contributed by atoms with Crippen molar-refractivity contribution < 1.29 is 22.9 Å². The molecule has 1 fully saturated rings. The molecule has 154 valence electrons. The SMILES string of the molecule is CS(=O)(=O)c1cc(C(=O)Nc2cc(Cl)ccc2N2CCOCC2)cc([N+](=O)[O-])c1. The summed E-state index contributed by atoms with van der Waals surface area (Å²) in [6.45, 7) is 2.33. The Bertz CT molecular complexity index is 1070. The van der Waals surface area contributed by atoms with E-state index in [0.717, 1.165) is 30.1 Å². The van der Waals surface area contributed by atoms with Crippen molar-refractivity contribution in [3.8, 4) is 0 Å². The predicted octanol–water partition coefficient (Wildman–Crippen LogP) is 2.74. The molecule has 1 aliphatic heterocycles. The summed E-state index contributed by atoms with van der Waals surface area (Å²) < 4.78 is 29.1. The molecule has 3 rings (SSSR count). The standard InChI is InChI=1S/C18H18ClN3O6S/c1-29(26,27)15-9-12(8-14(11-15)22(24)25)18(23)20-16-10-13(19)2-3-17(16)21-4-6-28-7-5-21/h2-3,8-11H,4-7H2,1H3,(H,20,23). The van der Waals surface area contributed by atoms with E-state index in [4.69, 9.17) is 16.3 Å². The largest absolute Gasteiger partial charge is 0.378 e. The summed E-state index contributed by atoms with van der Waals surface area (Å²) in [5.74, 6) is -0.685. The Morgan fingerprint density at radius 3 is 2.52 bits per heavy atom. The van der Waals surface area contributed by atoms with Gasteiger partial charge in [0.05, 0.1) is 34.4 Å². The fourth-order valence-electron chi connectivity index (χ4n) is 2.92. The van der Waals surface area contributed by atoms with E-state index < -0.39 is 26.4 Å². The number of amides is 1. The lowest BCUT2D eigenvalue weighted by atomic mass is 10.1. The van der Waals surface area contributed by atoms with E-state index in [9.17, 15) is 23.3 Å². The second kappa shape index (κ2) is 8.36. The molecule has 0 aromatic heterocycles. The van der Waals surface area contributed by atoms with Gasteiger partial charge in [0, 0.05) is 42.1 Å². The van der Waals surface area contributed by atoms with Crippen LogP contribution in [0.2, 0.25) is 5.02 Å². The van der Waals surface area contributed by atoms with Gasteiger partial charge in [-0.15, -0.1) is 0 Å². The van der Waals surface area contributed by atoms with Crippen LogP contribution < -0.4 is 10.2 Å². The highest BCUT2D eigenvalue weighted by atomic mass is 35.5. The van der Waals surface area contributed by atoms with Crippen LogP contribution in [0.4, 0.5) is 17.1 Å². The lowest BCUT2D eigenvalue weighted by molar-refractivity contribution is -0.385. The zero-order valence-electron chi connectivity index (χ0n) is 15.4. The number of hydrogen-bond donors (Lipinski definition) is 1. The van der Waals surface area contributed by atoms with Gasteiger partial charge in [-0.1, -0.05) is 11.6 Å². The number of nitrogens with zero attached hydrogens (tertiary/aromatic N) is 2. The van der Waals surface area contributed by atoms with Gasteiger partial charge in [-0.3, -0.25) is 14.9 Å². The highest BCUT2D eigenvalue weighted by molar-refractivity contribution is 7.90. The maximum Gasteiger partial charge on any atom is 0.271 e. The molecular formula is C18H18ClN3O6S. The molecule has 1 aliphatic rings. The van der Waals surface area contributed by atoms with Crippen molar-refractivity contribution in [2.75, 3.05) is 42.8 Å². The Morgan fingerprint density at radius 1 is 1.21 bits per heavy atom. The van der Waals surface area contributed by atoms with Crippen LogP contribution in [0.3, 0.4) is 0 Å². The minimum atomic E-state index is -3.75. The quantitative estimate of drug-likeness (QED) is 0.561. The van der Waals surface area contributed by atoms with Crippen LogP contribution in [0, 0.1) is 10.1 Å². The number of anilines is 2. The van der Waals surface area contributed by atoms with Crippen LogP contribution >= 0.6 is 11.6 Å². The van der Waals surface area contributed by atoms with E-state index in [1.54, 1.807) is 18.2 Å². The number of sulfone groups is 1. The van der Waals surface area contributed by atoms with Crippen LogP contribution in [-0.4, -0.2) is 51.8 Å². The van der Waals surface area contributed by atoms with Gasteiger partial charge in [0.25, 0.3) is 11.6 Å². The third kappa shape index (κ3) is 5.03. The molecule has 1 saturated heterocycles. The normalized spacial score (nSPS) is 14.5. The highest BCUT2D eigenvalue weighted by Gasteiger charge is 2.21. The van der Waals surface area contributed by atoms with Gasteiger partial charge < -0.3 is 15.0 Å². The number of benzene rings is 2. The first kappa shape index (κ1) is 21.0. The van der Waals surface area contributed by atoms with Gasteiger partial charge in [0.1, 0.15) is 0 Å². The molecule has 1 heterocycles. The Hall–Kier alpha value is -2.69. The van der Waals surface area contributed by atoms with Crippen molar-refractivity contribution in [1.29, 1.82) is 0 Å². The number of nitro groups is 1. The van der Waals surface area contributed by atoms with E-state index in [1.165, 1.54) is 0 Å². The maximum atomic E-state index is 12.8. The van der Waals surface area contributed by atoms with Crippen molar-refractivity contribution >= 4 is 44.4 Å². The minimum absolute atomic E-state index is 0.146. The lowest BCUT2D eigenvalue weighted by Crippen LogP contribution is -2.36. The lowest BCUT2D eigenvalue weighted by Gasteiger charge is -2.30. The van der Waals surface area contributed by atoms with Crippen LogP contribution in [0.15, 0.2) is 41.3 Å². The molecule has 0 spiro atoms. The minimum Gasteiger partial charge on any atom is -0.378 e. The van der Waals surface area contributed by atoms with E-state index in [0.29, 0.717) is 37.0 Å². The number of nitro benzene ring substituents is 1. The maximum absolute atomic E-state index is 12.8. The van der Waals surface area contributed by atoms with E-state index in [1.807, 2.05) is 4.90 Å². The van der Waals surface area contributed by atoms with Crippen molar-refractivity contribution in [1.82, 2.24) is 0 Å². The van der Waals surface area contributed by atoms with Gasteiger partial charge >= 0.3 is 0 Å². The third-order valence-corrected chi connectivity index (χ3v) is 5.68. The zero-order valence-corrected chi connectivity index (χ0v) is 17.0. The van der Waals surface area contributed by atoms with E-state index in [2.05, 4.69) is 5.32 Å². The molecule has 1 amide bonds. The number of morpholine rings is 1. The summed E-state index contributed by atoms with van der Waals surface area (Å²) in [5, 5.41) is 14.2. The molecule has 0 atom stereocenters. The van der Waals surface area contributed by atoms with Gasteiger partial charge in [0.2, 0.25) is 0 Å². The first-order chi connectivity index (χ1) is 13.6. The number of halogens is 1. The molecule has 0 unspecified atom stereocenters. The molecule has 11 heteroatoms. The average molecular weight is 440 g/mol. The summed E-state index contributed by atoms with van der Waals surface area (Å²) in [6, 6.07) is 8.08. The van der Waals surface area contributed by atoms with Gasteiger partial charge in [-0.2, -0.15) is 0 Å². The highest BCUT2D eigenvalue weighted by Crippen LogP contribution is 2.31. The van der Waals surface area contributed by atoms with Crippen LogP contribution in [0.5, 0.6) is 0 Å². The summed E-state index contributed by atoms with van der Waals surface area (Å²) in [5.41, 5.74) is 0.502. The Morgan fingerprint density at radius 2 is 1.90 bits per heavy atom. The molecule has 2 aromatic carbocycles. The van der Waals surface area contributed by atoms with E-state index in [-0.39, 0.29) is 10.5 Å². The second-order valence-electron chi connectivity index (χ2n) is 6.46. The summed E-state index contributed by atoms with van der Waals surface area (Å²) in [7, 11) is -3.75. The fraction of sp³-hybridized carbons (Fsp3) is 0.278. The fourth-order valence-corrected chi connectivity index (χ4v) is 3.76. The Labute approximate surface area is 172 Å². The van der Waals surface area contributed by atoms with E-state index >= 15 is 0 Å². The number of non-ortho nitro benzene ring substituents is 1. The molecule has 0 radical (unpaired) electrons. The molecular weight excluding hydrogens is 422 g/mol. The third-order valence-electron chi connectivity index (χ3n) is 4.35. The molecule has 2 aromatic rings.